The van der Waals surface area contributed by atoms with Crippen LogP contribution in [0.4, 0.5) is 0 Å². The number of amides is 1. The van der Waals surface area contributed by atoms with Crippen LogP contribution in [0.3, 0.4) is 0 Å². The zero-order valence-electron chi connectivity index (χ0n) is 15.4. The lowest BCUT2D eigenvalue weighted by atomic mass is 9.84. The van der Waals surface area contributed by atoms with Crippen molar-refractivity contribution < 1.29 is 14.1 Å². The van der Waals surface area contributed by atoms with Crippen LogP contribution in [0.5, 0.6) is 0 Å². The molecule has 2 aromatic heterocycles. The maximum Gasteiger partial charge on any atom is 0.257 e. The molecule has 0 unspecified atom stereocenters. The molecule has 1 aliphatic heterocycles. The number of rotatable bonds is 4. The molecule has 0 bridgehead atoms. The normalized spacial score (nSPS) is 23.9. The number of nitrogens with zero attached hydrogens (tertiary/aromatic N) is 4. The van der Waals surface area contributed by atoms with Gasteiger partial charge < -0.3 is 14.2 Å². The van der Waals surface area contributed by atoms with E-state index in [9.17, 15) is 4.79 Å². The molecule has 0 spiro atoms. The molecule has 1 amide bonds. The first-order valence-electron chi connectivity index (χ1n) is 9.14. The Morgan fingerprint density at radius 2 is 2.12 bits per heavy atom. The van der Waals surface area contributed by atoms with Crippen LogP contribution in [-0.2, 0) is 14.9 Å². The average Bonchev–Trinajstić information content (AvgIpc) is 3.38. The molecule has 2 fully saturated rings. The third-order valence-corrected chi connectivity index (χ3v) is 5.14. The third kappa shape index (κ3) is 3.23. The third-order valence-electron chi connectivity index (χ3n) is 5.14. The van der Waals surface area contributed by atoms with Crippen molar-refractivity contribution in [2.75, 3.05) is 13.1 Å². The van der Waals surface area contributed by atoms with Crippen molar-refractivity contribution in [2.24, 2.45) is 0 Å². The fourth-order valence-electron chi connectivity index (χ4n) is 3.39. The van der Waals surface area contributed by atoms with Crippen LogP contribution in [0.2, 0.25) is 0 Å². The molecular weight excluding hydrogens is 332 g/mol. The number of ether oxygens (including phenoxy) is 1. The Morgan fingerprint density at radius 3 is 2.81 bits per heavy atom. The van der Waals surface area contributed by atoms with Gasteiger partial charge in [-0.1, -0.05) is 11.2 Å². The fourth-order valence-corrected chi connectivity index (χ4v) is 3.39. The van der Waals surface area contributed by atoms with E-state index in [1.807, 2.05) is 37.8 Å². The van der Waals surface area contributed by atoms with E-state index in [-0.39, 0.29) is 18.1 Å². The molecule has 3 heterocycles. The lowest BCUT2D eigenvalue weighted by molar-refractivity contribution is -0.151. The van der Waals surface area contributed by atoms with Crippen molar-refractivity contribution >= 4 is 5.91 Å². The second kappa shape index (κ2) is 6.46. The number of morpholine rings is 1. The molecule has 0 aromatic carbocycles. The standard InChI is InChI=1S/C19H24N4O3/c1-12-10-23(18(24)19(2,3)14-5-4-8-20-9-14)11-15(25-12)17-21-16(22-26-17)13-6-7-13/h4-5,8-9,12-13,15H,6-7,10-11H2,1-3H3/t12-,15-/m1/s1. The Hall–Kier alpha value is -2.28. The van der Waals surface area contributed by atoms with Gasteiger partial charge in [0.15, 0.2) is 11.9 Å². The van der Waals surface area contributed by atoms with Gasteiger partial charge in [0.2, 0.25) is 5.91 Å². The molecule has 2 aliphatic rings. The molecule has 2 aromatic rings. The molecule has 138 valence electrons. The smallest absolute Gasteiger partial charge is 0.257 e. The molecule has 2 atom stereocenters. The topological polar surface area (TPSA) is 81.4 Å². The van der Waals surface area contributed by atoms with E-state index in [4.69, 9.17) is 9.26 Å². The summed E-state index contributed by atoms with van der Waals surface area (Å²) < 4.78 is 11.4. The first kappa shape index (κ1) is 17.1. The summed E-state index contributed by atoms with van der Waals surface area (Å²) in [6.07, 6.45) is 5.21. The Kier molecular flexibility index (Phi) is 4.26. The van der Waals surface area contributed by atoms with Gasteiger partial charge in [0.05, 0.1) is 18.1 Å². The van der Waals surface area contributed by atoms with E-state index in [1.54, 1.807) is 12.4 Å². The second-order valence-electron chi connectivity index (χ2n) is 7.78. The fraction of sp³-hybridized carbons (Fsp3) is 0.579. The molecule has 7 nitrogen and oxygen atoms in total. The van der Waals surface area contributed by atoms with Gasteiger partial charge >= 0.3 is 0 Å². The summed E-state index contributed by atoms with van der Waals surface area (Å²) >= 11 is 0. The van der Waals surface area contributed by atoms with Crippen molar-refractivity contribution in [3.63, 3.8) is 0 Å². The minimum absolute atomic E-state index is 0.0487. The van der Waals surface area contributed by atoms with Crippen molar-refractivity contribution in [3.05, 3.63) is 41.8 Å². The summed E-state index contributed by atoms with van der Waals surface area (Å²) in [7, 11) is 0. The quantitative estimate of drug-likeness (QED) is 0.838. The van der Waals surface area contributed by atoms with Gasteiger partial charge in [-0.15, -0.1) is 0 Å². The monoisotopic (exact) mass is 356 g/mol. The highest BCUT2D eigenvalue weighted by Gasteiger charge is 2.40. The van der Waals surface area contributed by atoms with Gasteiger partial charge in [0, 0.05) is 24.9 Å². The van der Waals surface area contributed by atoms with Gasteiger partial charge in [0.25, 0.3) is 5.89 Å². The van der Waals surface area contributed by atoms with Gasteiger partial charge in [-0.3, -0.25) is 9.78 Å². The van der Waals surface area contributed by atoms with Crippen molar-refractivity contribution in [1.82, 2.24) is 20.0 Å². The number of pyridine rings is 1. The number of carbonyl (C=O) groups is 1. The summed E-state index contributed by atoms with van der Waals surface area (Å²) in [4.78, 5) is 23.7. The van der Waals surface area contributed by atoms with Crippen molar-refractivity contribution in [3.8, 4) is 0 Å². The predicted molar refractivity (Wildman–Crippen MR) is 93.4 cm³/mol. The molecule has 26 heavy (non-hydrogen) atoms. The van der Waals surface area contributed by atoms with Crippen LogP contribution in [0.15, 0.2) is 29.0 Å². The van der Waals surface area contributed by atoms with E-state index in [1.165, 1.54) is 0 Å². The largest absolute Gasteiger partial charge is 0.362 e. The molecule has 4 rings (SSSR count). The summed E-state index contributed by atoms with van der Waals surface area (Å²) in [5.74, 6) is 1.70. The predicted octanol–water partition coefficient (Wildman–Crippen LogP) is 2.61. The highest BCUT2D eigenvalue weighted by molar-refractivity contribution is 5.87. The van der Waals surface area contributed by atoms with Gasteiger partial charge in [0.1, 0.15) is 0 Å². The van der Waals surface area contributed by atoms with Crippen LogP contribution in [0, 0.1) is 0 Å². The summed E-state index contributed by atoms with van der Waals surface area (Å²) in [5.41, 5.74) is 0.235. The lowest BCUT2D eigenvalue weighted by Crippen LogP contribution is -2.51. The average molecular weight is 356 g/mol. The first-order chi connectivity index (χ1) is 12.4. The number of carbonyl (C=O) groups excluding carboxylic acids is 1. The summed E-state index contributed by atoms with van der Waals surface area (Å²) in [6, 6.07) is 3.79. The van der Waals surface area contributed by atoms with E-state index in [0.717, 1.165) is 24.2 Å². The molecule has 0 radical (unpaired) electrons. The minimum atomic E-state index is -0.663. The summed E-state index contributed by atoms with van der Waals surface area (Å²) in [5, 5.41) is 4.07. The molecular formula is C19H24N4O3. The molecule has 1 aliphatic carbocycles. The van der Waals surface area contributed by atoms with Crippen molar-refractivity contribution in [1.29, 1.82) is 0 Å². The molecule has 1 saturated carbocycles. The van der Waals surface area contributed by atoms with E-state index >= 15 is 0 Å². The minimum Gasteiger partial charge on any atom is -0.362 e. The Morgan fingerprint density at radius 1 is 1.31 bits per heavy atom. The highest BCUT2D eigenvalue weighted by atomic mass is 16.5. The Labute approximate surface area is 152 Å². The van der Waals surface area contributed by atoms with Crippen LogP contribution < -0.4 is 0 Å². The SMILES string of the molecule is C[C@@H]1CN(C(=O)C(C)(C)c2cccnc2)C[C@H](c2nc(C3CC3)no2)O1. The van der Waals surface area contributed by atoms with Crippen LogP contribution in [0.25, 0.3) is 0 Å². The zero-order valence-corrected chi connectivity index (χ0v) is 15.4. The van der Waals surface area contributed by atoms with E-state index < -0.39 is 5.41 Å². The first-order valence-corrected chi connectivity index (χ1v) is 9.14. The zero-order chi connectivity index (χ0) is 18.3. The van der Waals surface area contributed by atoms with E-state index in [2.05, 4.69) is 15.1 Å². The molecule has 7 heteroatoms. The van der Waals surface area contributed by atoms with Gasteiger partial charge in [-0.05, 0) is 45.2 Å². The Balaban J connectivity index is 1.53. The number of hydrogen-bond acceptors (Lipinski definition) is 6. The van der Waals surface area contributed by atoms with Crippen LogP contribution in [-0.4, -0.2) is 45.1 Å². The summed E-state index contributed by atoms with van der Waals surface area (Å²) in [6.45, 7) is 6.78. The molecule has 0 N–H and O–H groups in total. The highest BCUT2D eigenvalue weighted by Crippen LogP contribution is 2.39. The lowest BCUT2D eigenvalue weighted by Gasteiger charge is -2.39. The van der Waals surface area contributed by atoms with Gasteiger partial charge in [-0.25, -0.2) is 0 Å². The molecule has 1 saturated heterocycles. The van der Waals surface area contributed by atoms with E-state index in [0.29, 0.717) is 24.9 Å². The number of hydrogen-bond donors (Lipinski definition) is 0. The van der Waals surface area contributed by atoms with Crippen LogP contribution in [0.1, 0.15) is 62.9 Å². The maximum atomic E-state index is 13.2. The Bertz CT molecular complexity index is 785. The van der Waals surface area contributed by atoms with Crippen LogP contribution >= 0.6 is 0 Å². The van der Waals surface area contributed by atoms with Gasteiger partial charge in [-0.2, -0.15) is 4.98 Å². The number of aromatic nitrogens is 3. The maximum absolute atomic E-state index is 13.2. The van der Waals surface area contributed by atoms with Crippen molar-refractivity contribution in [2.45, 2.75) is 57.2 Å². The second-order valence-corrected chi connectivity index (χ2v) is 7.78.